The predicted molar refractivity (Wildman–Crippen MR) is 105 cm³/mol. The number of nitro groups is 1. The predicted octanol–water partition coefficient (Wildman–Crippen LogP) is 4.00. The molecule has 9 heteroatoms. The number of esters is 1. The van der Waals surface area contributed by atoms with Gasteiger partial charge < -0.3 is 10.1 Å². The van der Waals surface area contributed by atoms with Gasteiger partial charge in [-0.3, -0.25) is 14.9 Å². The number of non-ortho nitro benzene ring substituents is 1. The Kier molecular flexibility index (Phi) is 6.63. The molecule has 0 radical (unpaired) electrons. The summed E-state index contributed by atoms with van der Waals surface area (Å²) in [6.45, 7) is 5.46. The van der Waals surface area contributed by atoms with Crippen molar-refractivity contribution in [3.05, 3.63) is 61.5 Å². The quantitative estimate of drug-likeness (QED) is 0.258. The Balaban J connectivity index is 2.30. The van der Waals surface area contributed by atoms with Gasteiger partial charge in [0.2, 0.25) is 0 Å². The number of nitriles is 1. The molecule has 1 amide bonds. The Hall–Kier alpha value is -3.51. The van der Waals surface area contributed by atoms with Gasteiger partial charge in [-0.1, -0.05) is 0 Å². The number of hydrogen-bond acceptors (Lipinski definition) is 7. The lowest BCUT2D eigenvalue weighted by Crippen LogP contribution is -2.16. The molecule has 1 aromatic heterocycles. The standard InChI is InChI=1S/C19H17N3O5S/c1-4-27-19(24)16-11(2)12(3)28-18(16)21-17(23)14(10-20)9-13-5-7-15(8-6-13)22(25)26/h5-9H,4H2,1-3H3,(H,21,23). The number of aryl methyl sites for hydroxylation is 1. The molecule has 0 saturated heterocycles. The highest BCUT2D eigenvalue weighted by Gasteiger charge is 2.23. The summed E-state index contributed by atoms with van der Waals surface area (Å²) < 4.78 is 5.04. The first kappa shape index (κ1) is 20.8. The van der Waals surface area contributed by atoms with Crippen LogP contribution in [-0.2, 0) is 9.53 Å². The lowest BCUT2D eigenvalue weighted by Gasteiger charge is -2.06. The van der Waals surface area contributed by atoms with Crippen LogP contribution in [0, 0.1) is 35.3 Å². The molecule has 0 atom stereocenters. The molecular formula is C19H17N3O5S. The van der Waals surface area contributed by atoms with E-state index in [1.807, 2.05) is 6.92 Å². The zero-order chi connectivity index (χ0) is 20.8. The third-order valence-corrected chi connectivity index (χ3v) is 4.99. The fourth-order valence-corrected chi connectivity index (χ4v) is 3.39. The molecule has 1 N–H and O–H groups in total. The number of carbonyl (C=O) groups excluding carboxylic acids is 2. The maximum absolute atomic E-state index is 12.5. The number of nitrogens with zero attached hydrogens (tertiary/aromatic N) is 2. The van der Waals surface area contributed by atoms with E-state index in [-0.39, 0.29) is 23.4 Å². The molecule has 0 unspecified atom stereocenters. The molecule has 28 heavy (non-hydrogen) atoms. The Morgan fingerprint density at radius 2 is 1.96 bits per heavy atom. The van der Waals surface area contributed by atoms with E-state index in [4.69, 9.17) is 4.74 Å². The Morgan fingerprint density at radius 1 is 1.32 bits per heavy atom. The van der Waals surface area contributed by atoms with Crippen LogP contribution in [0.2, 0.25) is 0 Å². The third kappa shape index (κ3) is 4.61. The normalized spacial score (nSPS) is 10.9. The van der Waals surface area contributed by atoms with Gasteiger partial charge >= 0.3 is 5.97 Å². The van der Waals surface area contributed by atoms with Crippen LogP contribution in [0.25, 0.3) is 6.08 Å². The Labute approximate surface area is 165 Å². The smallest absolute Gasteiger partial charge is 0.341 e. The minimum absolute atomic E-state index is 0.0938. The molecule has 1 aromatic carbocycles. The van der Waals surface area contributed by atoms with E-state index in [0.717, 1.165) is 4.88 Å². The zero-order valence-electron chi connectivity index (χ0n) is 15.4. The summed E-state index contributed by atoms with van der Waals surface area (Å²) in [5.41, 5.74) is 1.14. The van der Waals surface area contributed by atoms with E-state index in [1.54, 1.807) is 19.9 Å². The summed E-state index contributed by atoms with van der Waals surface area (Å²) in [6.07, 6.45) is 1.32. The van der Waals surface area contributed by atoms with Crippen LogP contribution >= 0.6 is 11.3 Å². The van der Waals surface area contributed by atoms with Crippen LogP contribution in [0.15, 0.2) is 29.8 Å². The summed E-state index contributed by atoms with van der Waals surface area (Å²) >= 11 is 1.22. The third-order valence-electron chi connectivity index (χ3n) is 3.87. The van der Waals surface area contributed by atoms with Crippen LogP contribution < -0.4 is 5.32 Å². The highest BCUT2D eigenvalue weighted by molar-refractivity contribution is 7.16. The van der Waals surface area contributed by atoms with E-state index in [0.29, 0.717) is 16.1 Å². The molecule has 0 aliphatic heterocycles. The topological polar surface area (TPSA) is 122 Å². The first-order valence-electron chi connectivity index (χ1n) is 8.23. The average molecular weight is 399 g/mol. The van der Waals surface area contributed by atoms with Crippen LogP contribution in [-0.4, -0.2) is 23.4 Å². The zero-order valence-corrected chi connectivity index (χ0v) is 16.3. The number of nitrogens with one attached hydrogen (secondary N) is 1. The molecule has 2 aromatic rings. The highest BCUT2D eigenvalue weighted by Crippen LogP contribution is 2.33. The van der Waals surface area contributed by atoms with Crippen molar-refractivity contribution in [3.63, 3.8) is 0 Å². The molecule has 0 spiro atoms. The van der Waals surface area contributed by atoms with Gasteiger partial charge in [0.15, 0.2) is 0 Å². The monoisotopic (exact) mass is 399 g/mol. The Bertz CT molecular complexity index is 1000. The van der Waals surface area contributed by atoms with Crippen molar-refractivity contribution in [1.29, 1.82) is 5.26 Å². The van der Waals surface area contributed by atoms with Crippen molar-refractivity contribution in [2.24, 2.45) is 0 Å². The molecule has 0 saturated carbocycles. The molecule has 0 aliphatic carbocycles. The molecule has 144 valence electrons. The molecular weight excluding hydrogens is 382 g/mol. The number of thiophene rings is 1. The second-order valence-electron chi connectivity index (χ2n) is 5.68. The second-order valence-corrected chi connectivity index (χ2v) is 6.91. The van der Waals surface area contributed by atoms with Crippen molar-refractivity contribution in [3.8, 4) is 6.07 Å². The first-order chi connectivity index (χ1) is 13.3. The number of rotatable bonds is 6. The van der Waals surface area contributed by atoms with Crippen molar-refractivity contribution in [2.45, 2.75) is 20.8 Å². The fourth-order valence-electron chi connectivity index (χ4n) is 2.34. The molecule has 2 rings (SSSR count). The Morgan fingerprint density at radius 3 is 2.50 bits per heavy atom. The summed E-state index contributed by atoms with van der Waals surface area (Å²) in [5.74, 6) is -1.23. The van der Waals surface area contributed by atoms with Crippen molar-refractivity contribution in [2.75, 3.05) is 11.9 Å². The first-order valence-corrected chi connectivity index (χ1v) is 9.04. The van der Waals surface area contributed by atoms with Crippen molar-refractivity contribution >= 4 is 40.0 Å². The largest absolute Gasteiger partial charge is 0.462 e. The second kappa shape index (κ2) is 8.92. The van der Waals surface area contributed by atoms with E-state index in [1.165, 1.54) is 41.7 Å². The van der Waals surface area contributed by atoms with E-state index >= 15 is 0 Å². The van der Waals surface area contributed by atoms with Crippen molar-refractivity contribution < 1.29 is 19.2 Å². The lowest BCUT2D eigenvalue weighted by molar-refractivity contribution is -0.384. The lowest BCUT2D eigenvalue weighted by atomic mass is 10.1. The van der Waals surface area contributed by atoms with E-state index in [9.17, 15) is 25.0 Å². The summed E-state index contributed by atoms with van der Waals surface area (Å²) in [6, 6.07) is 7.24. The van der Waals surface area contributed by atoms with Gasteiger partial charge in [0.05, 0.1) is 17.1 Å². The number of carbonyl (C=O) groups is 2. The molecule has 8 nitrogen and oxygen atoms in total. The molecule has 1 heterocycles. The van der Waals surface area contributed by atoms with Gasteiger partial charge in [0.25, 0.3) is 11.6 Å². The average Bonchev–Trinajstić information content (AvgIpc) is 2.93. The molecule has 0 fully saturated rings. The highest BCUT2D eigenvalue weighted by atomic mass is 32.1. The van der Waals surface area contributed by atoms with Gasteiger partial charge in [-0.05, 0) is 50.1 Å². The van der Waals surface area contributed by atoms with Gasteiger partial charge in [0, 0.05) is 17.0 Å². The number of nitro benzene ring substituents is 1. The molecule has 0 bridgehead atoms. The number of anilines is 1. The van der Waals surface area contributed by atoms with Gasteiger partial charge in [-0.15, -0.1) is 11.3 Å². The van der Waals surface area contributed by atoms with Crippen LogP contribution in [0.4, 0.5) is 10.7 Å². The maximum atomic E-state index is 12.5. The van der Waals surface area contributed by atoms with Gasteiger partial charge in [-0.2, -0.15) is 5.26 Å². The maximum Gasteiger partial charge on any atom is 0.341 e. The molecule has 0 aliphatic rings. The summed E-state index contributed by atoms with van der Waals surface area (Å²) in [4.78, 5) is 35.7. The SMILES string of the molecule is CCOC(=O)c1c(NC(=O)C(C#N)=Cc2ccc([N+](=O)[O-])cc2)sc(C)c1C. The minimum Gasteiger partial charge on any atom is -0.462 e. The van der Waals surface area contributed by atoms with Gasteiger partial charge in [-0.25, -0.2) is 4.79 Å². The van der Waals surface area contributed by atoms with E-state index in [2.05, 4.69) is 5.32 Å². The fraction of sp³-hybridized carbons (Fsp3) is 0.211. The number of ether oxygens (including phenoxy) is 1. The van der Waals surface area contributed by atoms with Crippen LogP contribution in [0.5, 0.6) is 0 Å². The number of amides is 1. The summed E-state index contributed by atoms with van der Waals surface area (Å²) in [5, 5.41) is 22.9. The minimum atomic E-state index is -0.687. The number of benzene rings is 1. The van der Waals surface area contributed by atoms with Crippen molar-refractivity contribution in [1.82, 2.24) is 0 Å². The van der Waals surface area contributed by atoms with Gasteiger partial charge in [0.1, 0.15) is 16.6 Å². The summed E-state index contributed by atoms with van der Waals surface area (Å²) in [7, 11) is 0. The van der Waals surface area contributed by atoms with Crippen LogP contribution in [0.1, 0.15) is 33.3 Å². The van der Waals surface area contributed by atoms with Crippen LogP contribution in [0.3, 0.4) is 0 Å². The van der Waals surface area contributed by atoms with E-state index < -0.39 is 16.8 Å². The number of hydrogen-bond donors (Lipinski definition) is 1.